The summed E-state index contributed by atoms with van der Waals surface area (Å²) in [7, 11) is 3.34. The smallest absolute Gasteiger partial charge is 0.457 e. The van der Waals surface area contributed by atoms with Crippen LogP contribution in [0.15, 0.2) is 47.8 Å². The highest BCUT2D eigenvalue weighted by atomic mass is 16.8. The van der Waals surface area contributed by atoms with Gasteiger partial charge >= 0.3 is 12.1 Å². The second-order valence-corrected chi connectivity index (χ2v) is 16.7. The maximum atomic E-state index is 14.4. The molecule has 3 aliphatic rings. The SMILES string of the molecule is C#CCN(C)[C@H]1C[C@@H](C)O[C@@H](O[C@@H]2[C@@H](C)C(=O)[C@@H](C)C(=O)O[C@H](CC)[C@@]3(C)OC(=O)O[C@@H]3[C@@H](C)/C(=N/OC/C=C/c3cnc4ccccc4c3)[C@H](C)C[C@@]2(C)OC)[C@@H]1O. The molecule has 0 amide bonds. The van der Waals surface area contributed by atoms with Crippen molar-refractivity contribution < 1.29 is 52.7 Å². The van der Waals surface area contributed by atoms with E-state index < -0.39 is 89.5 Å². The number of pyridine rings is 1. The average molecular weight is 820 g/mol. The van der Waals surface area contributed by atoms with E-state index in [0.29, 0.717) is 18.7 Å². The molecule has 0 unspecified atom stereocenters. The number of carbonyl (C=O) groups excluding carboxylic acids is 3. The Balaban J connectivity index is 1.53. The van der Waals surface area contributed by atoms with Crippen LogP contribution in [0.25, 0.3) is 17.0 Å². The molecule has 0 bridgehead atoms. The summed E-state index contributed by atoms with van der Waals surface area (Å²) in [6, 6.07) is 9.48. The summed E-state index contributed by atoms with van der Waals surface area (Å²) < 4.78 is 36.9. The van der Waals surface area contributed by atoms with Crippen LogP contribution in [0.4, 0.5) is 4.79 Å². The first-order valence-corrected chi connectivity index (χ1v) is 20.5. The monoisotopic (exact) mass is 819 g/mol. The van der Waals surface area contributed by atoms with Crippen LogP contribution in [0.5, 0.6) is 0 Å². The largest absolute Gasteiger partial charge is 0.509 e. The van der Waals surface area contributed by atoms with E-state index in [9.17, 15) is 19.5 Å². The summed E-state index contributed by atoms with van der Waals surface area (Å²) in [6.07, 6.45) is 5.55. The van der Waals surface area contributed by atoms with Crippen molar-refractivity contribution in [1.29, 1.82) is 0 Å². The zero-order valence-electron chi connectivity index (χ0n) is 36.0. The van der Waals surface area contributed by atoms with E-state index in [1.54, 1.807) is 27.0 Å². The highest BCUT2D eigenvalue weighted by Crippen LogP contribution is 2.42. The first-order valence-electron chi connectivity index (χ1n) is 20.5. The molecule has 14 heteroatoms. The number of para-hydroxylation sites is 1. The van der Waals surface area contributed by atoms with E-state index >= 15 is 0 Å². The van der Waals surface area contributed by atoms with E-state index in [0.717, 1.165) is 16.5 Å². The van der Waals surface area contributed by atoms with Crippen molar-refractivity contribution in [2.45, 2.75) is 129 Å². The van der Waals surface area contributed by atoms with Crippen LogP contribution >= 0.6 is 0 Å². The van der Waals surface area contributed by atoms with Crippen molar-refractivity contribution in [3.05, 3.63) is 48.2 Å². The van der Waals surface area contributed by atoms with Gasteiger partial charge in [-0.15, -0.1) is 6.42 Å². The third kappa shape index (κ3) is 9.98. The van der Waals surface area contributed by atoms with Crippen LogP contribution in [-0.2, 0) is 42.8 Å². The highest BCUT2D eigenvalue weighted by molar-refractivity contribution is 6.00. The Morgan fingerprint density at radius 3 is 2.53 bits per heavy atom. The lowest BCUT2D eigenvalue weighted by Crippen LogP contribution is -2.60. The first kappa shape index (κ1) is 45.7. The number of ether oxygens (including phenoxy) is 6. The number of fused-ring (bicyclic) bond motifs is 2. The molecule has 3 fully saturated rings. The number of benzene rings is 1. The highest BCUT2D eigenvalue weighted by Gasteiger charge is 2.58. The van der Waals surface area contributed by atoms with Crippen LogP contribution in [0.3, 0.4) is 0 Å². The normalized spacial score (nSPS) is 36.8. The van der Waals surface area contributed by atoms with Gasteiger partial charge in [-0.2, -0.15) is 0 Å². The Morgan fingerprint density at radius 2 is 1.83 bits per heavy atom. The number of aromatic nitrogens is 1. The Bertz CT molecular complexity index is 1910. The number of oxime groups is 1. The van der Waals surface area contributed by atoms with Gasteiger partial charge in [0.15, 0.2) is 23.8 Å². The molecule has 322 valence electrons. The van der Waals surface area contributed by atoms with Crippen LogP contribution < -0.4 is 0 Å². The van der Waals surface area contributed by atoms with Crippen LogP contribution in [0.2, 0.25) is 0 Å². The number of hydrogen-bond donors (Lipinski definition) is 1. The predicted molar refractivity (Wildman–Crippen MR) is 221 cm³/mol. The van der Waals surface area contributed by atoms with E-state index in [1.807, 2.05) is 82.1 Å². The summed E-state index contributed by atoms with van der Waals surface area (Å²) in [5.41, 5.74) is -0.403. The number of hydrogen-bond acceptors (Lipinski definition) is 14. The number of methoxy groups -OCH3 is 1. The molecule has 0 aliphatic carbocycles. The van der Waals surface area contributed by atoms with E-state index in [-0.39, 0.29) is 25.6 Å². The summed E-state index contributed by atoms with van der Waals surface area (Å²) in [5, 5.41) is 17.3. The third-order valence-electron chi connectivity index (χ3n) is 12.3. The summed E-state index contributed by atoms with van der Waals surface area (Å²) >= 11 is 0. The Kier molecular flexibility index (Phi) is 15.0. The quantitative estimate of drug-likeness (QED) is 0.0981. The van der Waals surface area contributed by atoms with Gasteiger partial charge in [0.25, 0.3) is 0 Å². The number of terminal acetylenes is 1. The van der Waals surface area contributed by atoms with Gasteiger partial charge in [-0.05, 0) is 77.8 Å². The minimum absolute atomic E-state index is 0.101. The molecule has 3 aliphatic heterocycles. The molecule has 13 atom stereocenters. The Labute approximate surface area is 347 Å². The van der Waals surface area contributed by atoms with Crippen LogP contribution in [0.1, 0.15) is 80.2 Å². The molecule has 4 heterocycles. The van der Waals surface area contributed by atoms with E-state index in [2.05, 4.69) is 16.1 Å². The molecule has 2 aromatic rings. The lowest BCUT2D eigenvalue weighted by molar-refractivity contribution is -0.295. The van der Waals surface area contributed by atoms with Gasteiger partial charge in [0.05, 0.1) is 35.6 Å². The van der Waals surface area contributed by atoms with Crippen molar-refractivity contribution in [2.24, 2.45) is 28.8 Å². The average Bonchev–Trinajstić information content (AvgIpc) is 3.53. The maximum Gasteiger partial charge on any atom is 0.509 e. The van der Waals surface area contributed by atoms with Crippen molar-refractivity contribution in [3.63, 3.8) is 0 Å². The van der Waals surface area contributed by atoms with Gasteiger partial charge in [-0.3, -0.25) is 19.5 Å². The first-order chi connectivity index (χ1) is 28.0. The molecule has 5 rings (SSSR count). The third-order valence-corrected chi connectivity index (χ3v) is 12.3. The molecular formula is C45H61N3O11. The number of ketones is 1. The van der Waals surface area contributed by atoms with Crippen LogP contribution in [-0.4, -0.2) is 120 Å². The van der Waals surface area contributed by atoms with Crippen molar-refractivity contribution >= 4 is 40.6 Å². The molecule has 1 N–H and O–H groups in total. The Morgan fingerprint density at radius 1 is 1.10 bits per heavy atom. The summed E-state index contributed by atoms with van der Waals surface area (Å²) in [5.74, 6) is -1.92. The fourth-order valence-electron chi connectivity index (χ4n) is 8.94. The number of cyclic esters (lactones) is 1. The number of aliphatic hydroxyl groups is 1. The summed E-state index contributed by atoms with van der Waals surface area (Å²) in [4.78, 5) is 53.5. The fourth-order valence-corrected chi connectivity index (χ4v) is 8.94. The number of Topliss-reactive ketones (excluding diaryl/α,β-unsaturated/α-hetero) is 1. The lowest BCUT2D eigenvalue weighted by Gasteiger charge is -2.47. The molecule has 0 spiro atoms. The molecule has 1 aromatic heterocycles. The maximum absolute atomic E-state index is 14.4. The van der Waals surface area contributed by atoms with Gasteiger partial charge < -0.3 is 38.4 Å². The predicted octanol–water partition coefficient (Wildman–Crippen LogP) is 5.97. The second kappa shape index (κ2) is 19.3. The Hall–Kier alpha value is -4.39. The number of carbonyl (C=O) groups is 3. The number of likely N-dealkylation sites (N-methyl/N-ethyl adjacent to an activating group) is 1. The lowest BCUT2D eigenvalue weighted by atomic mass is 9.74. The molecule has 1 aromatic carbocycles. The molecule has 0 radical (unpaired) electrons. The molecular weight excluding hydrogens is 759 g/mol. The number of nitrogens with zero attached hydrogens (tertiary/aromatic N) is 3. The minimum atomic E-state index is -1.44. The number of esters is 1. The molecule has 3 saturated heterocycles. The van der Waals surface area contributed by atoms with Crippen molar-refractivity contribution in [2.75, 3.05) is 27.3 Å². The fraction of sp³-hybridized carbons (Fsp3) is 0.622. The molecule has 59 heavy (non-hydrogen) atoms. The molecule has 14 nitrogen and oxygen atoms in total. The van der Waals surface area contributed by atoms with E-state index in [4.69, 9.17) is 39.7 Å². The van der Waals surface area contributed by atoms with Gasteiger partial charge in [-0.25, -0.2) is 4.79 Å². The standard InChI is InChI=1S/C45H61N3O11/c1-12-20-48(10)34-22-27(4)55-42(38(34)50)57-39-29(6)37(49)30(7)41(51)56-35(13-2)45(9)40(58-43(52)59-45)28(5)36(26(3)24-44(39,8)53-11)47-54-21-16-17-31-23-32-18-14-15-19-33(32)46-25-31/h1,14-19,23,25-30,34-35,38-40,42,50H,13,20-22,24H2,2-11H3/b17-16+,47-36+/t26-,27-,28+,29+,30-,34+,35-,38-,39-,40-,42+,44-,45-/m1/s1. The van der Waals surface area contributed by atoms with Gasteiger partial charge in [0.2, 0.25) is 0 Å². The second-order valence-electron chi connectivity index (χ2n) is 16.7. The van der Waals surface area contributed by atoms with Crippen molar-refractivity contribution in [3.8, 4) is 12.3 Å². The zero-order valence-corrected chi connectivity index (χ0v) is 36.0. The zero-order chi connectivity index (χ0) is 43.2. The minimum Gasteiger partial charge on any atom is -0.457 e. The van der Waals surface area contributed by atoms with Gasteiger partial charge in [0.1, 0.15) is 24.7 Å². The summed E-state index contributed by atoms with van der Waals surface area (Å²) in [6.45, 7) is 14.5. The number of rotatable bonds is 10. The van der Waals surface area contributed by atoms with Gasteiger partial charge in [0, 0.05) is 42.5 Å². The van der Waals surface area contributed by atoms with Crippen molar-refractivity contribution in [1.82, 2.24) is 9.88 Å². The topological polar surface area (TPSA) is 165 Å². The number of aliphatic hydroxyl groups excluding tert-OH is 1. The van der Waals surface area contributed by atoms with E-state index in [1.165, 1.54) is 14.0 Å². The van der Waals surface area contributed by atoms with Crippen LogP contribution in [0, 0.1) is 36.0 Å². The van der Waals surface area contributed by atoms with Gasteiger partial charge in [-0.1, -0.05) is 63.0 Å². The molecule has 0 saturated carbocycles.